The number of hydrogen-bond acceptors (Lipinski definition) is 3. The standard InChI is InChI=1S/C30H20BrClN2O2/c1-18-14-21(31)15-23-24(17-27(33-28(18)23)19-8-4-2-5-9-19)30(36)34-26-13-12-22(32)16-25(26)29(35)20-10-6-3-7-11-20/h2-17H,1H3,(H,34,36). The molecule has 0 saturated heterocycles. The van der Waals surface area contributed by atoms with Gasteiger partial charge in [-0.15, -0.1) is 0 Å². The minimum atomic E-state index is -0.346. The Balaban J connectivity index is 1.62. The van der Waals surface area contributed by atoms with Crippen LogP contribution in [0.25, 0.3) is 22.2 Å². The molecule has 5 rings (SSSR count). The number of nitrogens with one attached hydrogen (secondary N) is 1. The second-order valence-corrected chi connectivity index (χ2v) is 9.73. The molecule has 0 radical (unpaired) electrons. The maximum Gasteiger partial charge on any atom is 0.256 e. The van der Waals surface area contributed by atoms with Gasteiger partial charge in [0.2, 0.25) is 0 Å². The van der Waals surface area contributed by atoms with Crippen molar-refractivity contribution in [2.24, 2.45) is 0 Å². The highest BCUT2D eigenvalue weighted by atomic mass is 79.9. The minimum absolute atomic E-state index is 0.225. The van der Waals surface area contributed by atoms with Gasteiger partial charge in [-0.25, -0.2) is 4.98 Å². The predicted octanol–water partition coefficient (Wildman–Crippen LogP) is 8.11. The van der Waals surface area contributed by atoms with Crippen LogP contribution >= 0.6 is 27.5 Å². The lowest BCUT2D eigenvalue weighted by Crippen LogP contribution is -2.16. The van der Waals surface area contributed by atoms with Gasteiger partial charge >= 0.3 is 0 Å². The lowest BCUT2D eigenvalue weighted by Gasteiger charge is -2.15. The molecular formula is C30H20BrClN2O2. The molecule has 0 aliphatic rings. The molecule has 5 aromatic rings. The maximum atomic E-state index is 13.7. The van der Waals surface area contributed by atoms with Gasteiger partial charge in [0.05, 0.1) is 22.5 Å². The number of amides is 1. The van der Waals surface area contributed by atoms with E-state index in [4.69, 9.17) is 16.6 Å². The molecule has 1 amide bonds. The number of hydrogen-bond donors (Lipinski definition) is 1. The number of anilines is 1. The summed E-state index contributed by atoms with van der Waals surface area (Å²) in [5, 5.41) is 4.07. The van der Waals surface area contributed by atoms with Crippen molar-refractivity contribution < 1.29 is 9.59 Å². The Hall–Kier alpha value is -3.80. The number of aryl methyl sites for hydroxylation is 1. The Morgan fingerprint density at radius 2 is 1.53 bits per heavy atom. The molecule has 176 valence electrons. The molecule has 0 saturated carbocycles. The van der Waals surface area contributed by atoms with Gasteiger partial charge in [0.25, 0.3) is 5.91 Å². The SMILES string of the molecule is Cc1cc(Br)cc2c(C(=O)Nc3ccc(Cl)cc3C(=O)c3ccccc3)cc(-c3ccccc3)nc12. The van der Waals surface area contributed by atoms with E-state index in [0.717, 1.165) is 21.1 Å². The van der Waals surface area contributed by atoms with E-state index in [2.05, 4.69) is 21.2 Å². The van der Waals surface area contributed by atoms with Crippen LogP contribution in [0.5, 0.6) is 0 Å². The summed E-state index contributed by atoms with van der Waals surface area (Å²) < 4.78 is 0.849. The monoisotopic (exact) mass is 554 g/mol. The fraction of sp³-hybridized carbons (Fsp3) is 0.0333. The Labute approximate surface area is 222 Å². The second-order valence-electron chi connectivity index (χ2n) is 8.38. The Morgan fingerprint density at radius 1 is 0.833 bits per heavy atom. The summed E-state index contributed by atoms with van der Waals surface area (Å²) in [6.45, 7) is 1.96. The summed E-state index contributed by atoms with van der Waals surface area (Å²) in [6, 6.07) is 29.2. The van der Waals surface area contributed by atoms with E-state index in [-0.39, 0.29) is 11.7 Å². The lowest BCUT2D eigenvalue weighted by molar-refractivity contribution is 0.102. The smallest absolute Gasteiger partial charge is 0.256 e. The van der Waals surface area contributed by atoms with Crippen molar-refractivity contribution in [3.8, 4) is 11.3 Å². The van der Waals surface area contributed by atoms with E-state index in [9.17, 15) is 9.59 Å². The minimum Gasteiger partial charge on any atom is -0.321 e. The fourth-order valence-corrected chi connectivity index (χ4v) is 4.89. The number of fused-ring (bicyclic) bond motifs is 1. The number of halogens is 2. The van der Waals surface area contributed by atoms with Gasteiger partial charge in [0, 0.05) is 31.6 Å². The highest BCUT2D eigenvalue weighted by molar-refractivity contribution is 9.10. The molecule has 36 heavy (non-hydrogen) atoms. The summed E-state index contributed by atoms with van der Waals surface area (Å²) in [5.41, 5.74) is 4.95. The third-order valence-corrected chi connectivity index (χ3v) is 6.59. The first-order valence-corrected chi connectivity index (χ1v) is 12.4. The molecule has 4 nitrogen and oxygen atoms in total. The molecule has 0 unspecified atom stereocenters. The quantitative estimate of drug-likeness (QED) is 0.223. The summed E-state index contributed by atoms with van der Waals surface area (Å²) in [7, 11) is 0. The predicted molar refractivity (Wildman–Crippen MR) is 149 cm³/mol. The number of aromatic nitrogens is 1. The van der Waals surface area contributed by atoms with Crippen LogP contribution in [0.1, 0.15) is 31.8 Å². The first kappa shape index (κ1) is 23.9. The van der Waals surface area contributed by atoms with E-state index in [1.165, 1.54) is 0 Å². The van der Waals surface area contributed by atoms with Gasteiger partial charge in [0.1, 0.15) is 0 Å². The lowest BCUT2D eigenvalue weighted by atomic mass is 10.00. The van der Waals surface area contributed by atoms with E-state index in [1.807, 2.05) is 55.5 Å². The van der Waals surface area contributed by atoms with Crippen LogP contribution in [0.3, 0.4) is 0 Å². The van der Waals surface area contributed by atoms with Crippen molar-refractivity contribution in [2.45, 2.75) is 6.92 Å². The zero-order valence-electron chi connectivity index (χ0n) is 19.3. The van der Waals surface area contributed by atoms with E-state index >= 15 is 0 Å². The van der Waals surface area contributed by atoms with Crippen LogP contribution in [0.4, 0.5) is 5.69 Å². The number of carbonyl (C=O) groups is 2. The zero-order valence-corrected chi connectivity index (χ0v) is 21.6. The molecular weight excluding hydrogens is 536 g/mol. The molecule has 1 aromatic heterocycles. The van der Waals surface area contributed by atoms with Crippen LogP contribution in [0.15, 0.2) is 102 Å². The molecule has 0 aliphatic heterocycles. The van der Waals surface area contributed by atoms with Crippen molar-refractivity contribution in [1.29, 1.82) is 0 Å². The molecule has 0 atom stereocenters. The Kier molecular flexibility index (Phi) is 6.68. The third-order valence-electron chi connectivity index (χ3n) is 5.89. The van der Waals surface area contributed by atoms with Gasteiger partial charge in [-0.05, 0) is 48.9 Å². The van der Waals surface area contributed by atoms with Crippen LogP contribution in [-0.2, 0) is 0 Å². The van der Waals surface area contributed by atoms with Crippen LogP contribution < -0.4 is 5.32 Å². The molecule has 0 aliphatic carbocycles. The average molecular weight is 556 g/mol. The summed E-state index contributed by atoms with van der Waals surface area (Å²) in [4.78, 5) is 31.8. The number of ketones is 1. The fourth-order valence-electron chi connectivity index (χ4n) is 4.15. The first-order chi connectivity index (χ1) is 17.4. The summed E-state index contributed by atoms with van der Waals surface area (Å²) in [5.74, 6) is -0.571. The number of nitrogens with zero attached hydrogens (tertiary/aromatic N) is 1. The normalized spacial score (nSPS) is 10.9. The topological polar surface area (TPSA) is 59.1 Å². The molecule has 1 N–H and O–H groups in total. The third kappa shape index (κ3) is 4.81. The van der Waals surface area contributed by atoms with E-state index in [1.54, 1.807) is 48.5 Å². The second kappa shape index (κ2) is 10.1. The molecule has 0 fully saturated rings. The van der Waals surface area contributed by atoms with Gasteiger partial charge in [-0.3, -0.25) is 9.59 Å². The molecule has 0 spiro atoms. The Morgan fingerprint density at radius 3 is 2.25 bits per heavy atom. The van der Waals surface area contributed by atoms with Crippen molar-refractivity contribution in [3.05, 3.63) is 129 Å². The van der Waals surface area contributed by atoms with Crippen LogP contribution in [-0.4, -0.2) is 16.7 Å². The number of benzene rings is 4. The summed E-state index contributed by atoms with van der Waals surface area (Å²) >= 11 is 9.77. The van der Waals surface area contributed by atoms with Gasteiger partial charge in [-0.1, -0.05) is 88.2 Å². The molecule has 1 heterocycles. The van der Waals surface area contributed by atoms with Crippen molar-refractivity contribution in [2.75, 3.05) is 5.32 Å². The number of carbonyl (C=O) groups excluding carboxylic acids is 2. The van der Waals surface area contributed by atoms with Crippen molar-refractivity contribution in [3.63, 3.8) is 0 Å². The first-order valence-electron chi connectivity index (χ1n) is 11.3. The molecule has 4 aromatic carbocycles. The highest BCUT2D eigenvalue weighted by Crippen LogP contribution is 2.31. The van der Waals surface area contributed by atoms with Crippen LogP contribution in [0, 0.1) is 6.92 Å². The van der Waals surface area contributed by atoms with E-state index < -0.39 is 0 Å². The highest BCUT2D eigenvalue weighted by Gasteiger charge is 2.20. The zero-order chi connectivity index (χ0) is 25.2. The molecule has 0 bridgehead atoms. The summed E-state index contributed by atoms with van der Waals surface area (Å²) in [6.07, 6.45) is 0. The largest absolute Gasteiger partial charge is 0.321 e. The number of rotatable bonds is 5. The van der Waals surface area contributed by atoms with Crippen LogP contribution in [0.2, 0.25) is 5.02 Å². The van der Waals surface area contributed by atoms with Gasteiger partial charge in [-0.2, -0.15) is 0 Å². The number of pyridine rings is 1. The maximum absolute atomic E-state index is 13.7. The van der Waals surface area contributed by atoms with Gasteiger partial charge in [0.15, 0.2) is 5.78 Å². The van der Waals surface area contributed by atoms with Crippen molar-refractivity contribution >= 4 is 55.8 Å². The Bertz CT molecular complexity index is 1620. The average Bonchev–Trinajstić information content (AvgIpc) is 2.89. The molecule has 6 heteroatoms. The van der Waals surface area contributed by atoms with Crippen molar-refractivity contribution in [1.82, 2.24) is 4.98 Å². The van der Waals surface area contributed by atoms with E-state index in [0.29, 0.717) is 38.5 Å². The van der Waals surface area contributed by atoms with Gasteiger partial charge < -0.3 is 5.32 Å².